The molecular formula is C10H8ClN3O2. The summed E-state index contributed by atoms with van der Waals surface area (Å²) in [5.74, 6) is -1.07. The molecule has 0 atom stereocenters. The number of azide groups is 1. The zero-order chi connectivity index (χ0) is 12.0. The molecule has 5 nitrogen and oxygen atoms in total. The minimum Gasteiger partial charge on any atom is -0.478 e. The maximum Gasteiger partial charge on any atom is 0.337 e. The van der Waals surface area contributed by atoms with Gasteiger partial charge in [0.25, 0.3) is 0 Å². The zero-order valence-corrected chi connectivity index (χ0v) is 8.92. The van der Waals surface area contributed by atoms with E-state index in [2.05, 4.69) is 10.0 Å². The van der Waals surface area contributed by atoms with Gasteiger partial charge in [0.2, 0.25) is 0 Å². The molecule has 1 aromatic carbocycles. The van der Waals surface area contributed by atoms with Crippen LogP contribution >= 0.6 is 11.6 Å². The second kappa shape index (κ2) is 5.80. The predicted molar refractivity (Wildman–Crippen MR) is 61.5 cm³/mol. The monoisotopic (exact) mass is 237 g/mol. The average molecular weight is 238 g/mol. The highest BCUT2D eigenvalue weighted by molar-refractivity contribution is 6.34. The Balaban J connectivity index is 2.97. The highest BCUT2D eigenvalue weighted by atomic mass is 35.5. The van der Waals surface area contributed by atoms with Crippen LogP contribution in [0.4, 0.5) is 0 Å². The fourth-order valence-corrected chi connectivity index (χ4v) is 1.38. The lowest BCUT2D eigenvalue weighted by Gasteiger charge is -2.01. The smallest absolute Gasteiger partial charge is 0.337 e. The molecule has 0 aliphatic rings. The fourth-order valence-electron chi connectivity index (χ4n) is 1.11. The van der Waals surface area contributed by atoms with Gasteiger partial charge in [0.05, 0.1) is 10.6 Å². The predicted octanol–water partition coefficient (Wildman–Crippen LogP) is 3.36. The molecule has 6 heteroatoms. The number of carbonyl (C=O) groups is 1. The number of aromatic carboxylic acids is 1. The molecule has 0 aromatic heterocycles. The van der Waals surface area contributed by atoms with E-state index in [1.807, 2.05) is 0 Å². The van der Waals surface area contributed by atoms with Crippen LogP contribution in [0.15, 0.2) is 29.4 Å². The van der Waals surface area contributed by atoms with Crippen molar-refractivity contribution in [3.63, 3.8) is 0 Å². The van der Waals surface area contributed by atoms with E-state index < -0.39 is 5.97 Å². The van der Waals surface area contributed by atoms with E-state index in [4.69, 9.17) is 22.2 Å². The molecule has 0 radical (unpaired) electrons. The summed E-state index contributed by atoms with van der Waals surface area (Å²) in [5, 5.41) is 12.3. The maximum absolute atomic E-state index is 10.8. The van der Waals surface area contributed by atoms with Gasteiger partial charge in [0.15, 0.2) is 0 Å². The largest absolute Gasteiger partial charge is 0.478 e. The quantitative estimate of drug-likeness (QED) is 0.494. The van der Waals surface area contributed by atoms with Crippen LogP contribution in [0.2, 0.25) is 5.02 Å². The summed E-state index contributed by atoms with van der Waals surface area (Å²) in [6.45, 7) is 0.199. The molecule has 0 saturated carbocycles. The lowest BCUT2D eigenvalue weighted by atomic mass is 10.1. The van der Waals surface area contributed by atoms with Gasteiger partial charge < -0.3 is 5.11 Å². The standard InChI is InChI=1S/C10H8ClN3O2/c11-9-7(4-2-6-13-14-12)3-1-5-8(9)10(15)16/h1-5H,6H2,(H,15,16). The van der Waals surface area contributed by atoms with Crippen LogP contribution in [0, 0.1) is 0 Å². The summed E-state index contributed by atoms with van der Waals surface area (Å²) in [6.07, 6.45) is 3.22. The fraction of sp³-hybridized carbons (Fsp3) is 0.100. The molecule has 16 heavy (non-hydrogen) atoms. The highest BCUT2D eigenvalue weighted by Gasteiger charge is 2.09. The molecule has 0 amide bonds. The SMILES string of the molecule is [N-]=[N+]=NCC=Cc1cccc(C(=O)O)c1Cl. The van der Waals surface area contributed by atoms with Gasteiger partial charge >= 0.3 is 5.97 Å². The number of hydrogen-bond donors (Lipinski definition) is 1. The van der Waals surface area contributed by atoms with Crippen molar-refractivity contribution < 1.29 is 9.90 Å². The first kappa shape index (κ1) is 12.1. The third-order valence-electron chi connectivity index (χ3n) is 1.81. The number of halogens is 1. The van der Waals surface area contributed by atoms with Crippen LogP contribution in [0.5, 0.6) is 0 Å². The Morgan fingerprint density at radius 1 is 1.62 bits per heavy atom. The normalized spacial score (nSPS) is 10.1. The molecule has 0 spiro atoms. The van der Waals surface area contributed by atoms with Crippen LogP contribution in [-0.4, -0.2) is 17.6 Å². The molecular weight excluding hydrogens is 230 g/mol. The van der Waals surface area contributed by atoms with E-state index in [0.717, 1.165) is 0 Å². The van der Waals surface area contributed by atoms with E-state index in [0.29, 0.717) is 5.56 Å². The molecule has 1 rings (SSSR count). The summed E-state index contributed by atoms with van der Waals surface area (Å²) in [5.41, 5.74) is 8.68. The topological polar surface area (TPSA) is 86.1 Å². The summed E-state index contributed by atoms with van der Waals surface area (Å²) in [7, 11) is 0. The van der Waals surface area contributed by atoms with Crippen molar-refractivity contribution in [2.75, 3.05) is 6.54 Å². The second-order valence-corrected chi connectivity index (χ2v) is 3.21. The van der Waals surface area contributed by atoms with Crippen LogP contribution < -0.4 is 0 Å². The Kier molecular flexibility index (Phi) is 4.39. The van der Waals surface area contributed by atoms with Crippen LogP contribution in [-0.2, 0) is 0 Å². The van der Waals surface area contributed by atoms with Gasteiger partial charge in [-0.1, -0.05) is 41.0 Å². The van der Waals surface area contributed by atoms with Crippen molar-refractivity contribution in [1.29, 1.82) is 0 Å². The van der Waals surface area contributed by atoms with Crippen molar-refractivity contribution in [1.82, 2.24) is 0 Å². The number of benzene rings is 1. The van der Waals surface area contributed by atoms with E-state index >= 15 is 0 Å². The number of carboxylic acids is 1. The van der Waals surface area contributed by atoms with Gasteiger partial charge in [-0.3, -0.25) is 0 Å². The average Bonchev–Trinajstić information content (AvgIpc) is 2.26. The third kappa shape index (κ3) is 3.02. The molecule has 0 bridgehead atoms. The first-order chi connectivity index (χ1) is 7.66. The Morgan fingerprint density at radius 2 is 2.38 bits per heavy atom. The highest BCUT2D eigenvalue weighted by Crippen LogP contribution is 2.22. The van der Waals surface area contributed by atoms with Crippen molar-refractivity contribution in [2.45, 2.75) is 0 Å². The van der Waals surface area contributed by atoms with Crippen LogP contribution in [0.1, 0.15) is 15.9 Å². The van der Waals surface area contributed by atoms with Crippen LogP contribution in [0.25, 0.3) is 16.5 Å². The zero-order valence-electron chi connectivity index (χ0n) is 8.17. The molecule has 0 heterocycles. The van der Waals surface area contributed by atoms with E-state index in [1.165, 1.54) is 6.07 Å². The molecule has 1 aromatic rings. The number of carboxylic acid groups (broad SMARTS) is 1. The minimum absolute atomic E-state index is 0.0487. The van der Waals surface area contributed by atoms with Crippen LogP contribution in [0.3, 0.4) is 0 Å². The summed E-state index contributed by atoms with van der Waals surface area (Å²) < 4.78 is 0. The van der Waals surface area contributed by atoms with Gasteiger partial charge in [-0.25, -0.2) is 4.79 Å². The molecule has 0 fully saturated rings. The summed E-state index contributed by atoms with van der Waals surface area (Å²) >= 11 is 5.88. The molecule has 0 unspecified atom stereocenters. The summed E-state index contributed by atoms with van der Waals surface area (Å²) in [6, 6.07) is 4.71. The lowest BCUT2D eigenvalue weighted by molar-refractivity contribution is 0.0697. The van der Waals surface area contributed by atoms with Crippen molar-refractivity contribution in [2.24, 2.45) is 5.11 Å². The Hall–Kier alpha value is -1.97. The minimum atomic E-state index is -1.07. The summed E-state index contributed by atoms with van der Waals surface area (Å²) in [4.78, 5) is 13.4. The van der Waals surface area contributed by atoms with Crippen molar-refractivity contribution in [3.8, 4) is 0 Å². The molecule has 0 saturated heterocycles. The second-order valence-electron chi connectivity index (χ2n) is 2.83. The van der Waals surface area contributed by atoms with Gasteiger partial charge in [0, 0.05) is 11.5 Å². The Labute approximate surface area is 96.6 Å². The Morgan fingerprint density at radius 3 is 3.00 bits per heavy atom. The Bertz CT molecular complexity index is 479. The lowest BCUT2D eigenvalue weighted by Crippen LogP contribution is -1.97. The van der Waals surface area contributed by atoms with Crippen molar-refractivity contribution >= 4 is 23.6 Å². The first-order valence-electron chi connectivity index (χ1n) is 4.36. The third-order valence-corrected chi connectivity index (χ3v) is 2.23. The molecule has 1 N–H and O–H groups in total. The number of nitrogens with zero attached hydrogens (tertiary/aromatic N) is 3. The van der Waals surface area contributed by atoms with Crippen molar-refractivity contribution in [3.05, 3.63) is 50.9 Å². The number of rotatable bonds is 4. The van der Waals surface area contributed by atoms with E-state index in [1.54, 1.807) is 24.3 Å². The first-order valence-corrected chi connectivity index (χ1v) is 4.74. The molecule has 82 valence electrons. The number of hydrogen-bond acceptors (Lipinski definition) is 2. The van der Waals surface area contributed by atoms with Gasteiger partial charge in [-0.2, -0.15) is 0 Å². The van der Waals surface area contributed by atoms with Gasteiger partial charge in [-0.05, 0) is 17.2 Å². The van der Waals surface area contributed by atoms with Gasteiger partial charge in [-0.15, -0.1) is 0 Å². The maximum atomic E-state index is 10.8. The van der Waals surface area contributed by atoms with E-state index in [9.17, 15) is 4.79 Å². The molecule has 0 aliphatic heterocycles. The molecule has 0 aliphatic carbocycles. The van der Waals surface area contributed by atoms with E-state index in [-0.39, 0.29) is 17.1 Å². The van der Waals surface area contributed by atoms with Gasteiger partial charge in [0.1, 0.15) is 0 Å².